The fourth-order valence-electron chi connectivity index (χ4n) is 1.61. The zero-order chi connectivity index (χ0) is 14.7. The Morgan fingerprint density at radius 1 is 1.40 bits per heavy atom. The third-order valence-electron chi connectivity index (χ3n) is 2.62. The molecule has 0 aliphatic rings. The van der Waals surface area contributed by atoms with Gasteiger partial charge >= 0.3 is 0 Å². The lowest BCUT2D eigenvalue weighted by molar-refractivity contribution is 0.104. The molecule has 1 heterocycles. The quantitative estimate of drug-likeness (QED) is 0.807. The van der Waals surface area contributed by atoms with Crippen molar-refractivity contribution in [2.45, 2.75) is 11.1 Å². The van der Waals surface area contributed by atoms with E-state index in [1.54, 1.807) is 31.2 Å². The molecule has 102 valence electrons. The summed E-state index contributed by atoms with van der Waals surface area (Å²) in [6.45, 7) is 1.78. The SMILES string of the molecule is CCS(=O)c1sc(C(=O)c2ccc(Cl)cc2)cc1C#N. The second kappa shape index (κ2) is 6.31. The normalized spacial score (nSPS) is 11.8. The van der Waals surface area contributed by atoms with Crippen LogP contribution in [0, 0.1) is 11.3 Å². The Morgan fingerprint density at radius 3 is 2.60 bits per heavy atom. The molecule has 2 rings (SSSR count). The van der Waals surface area contributed by atoms with E-state index < -0.39 is 10.8 Å². The van der Waals surface area contributed by atoms with Crippen molar-refractivity contribution >= 4 is 39.5 Å². The van der Waals surface area contributed by atoms with E-state index >= 15 is 0 Å². The van der Waals surface area contributed by atoms with Gasteiger partial charge in [-0.1, -0.05) is 18.5 Å². The molecule has 0 fully saturated rings. The lowest BCUT2D eigenvalue weighted by atomic mass is 10.1. The van der Waals surface area contributed by atoms with Crippen molar-refractivity contribution in [2.75, 3.05) is 5.75 Å². The smallest absolute Gasteiger partial charge is 0.203 e. The average Bonchev–Trinajstić information content (AvgIpc) is 2.90. The van der Waals surface area contributed by atoms with Crippen molar-refractivity contribution in [2.24, 2.45) is 0 Å². The van der Waals surface area contributed by atoms with Gasteiger partial charge in [0.25, 0.3) is 0 Å². The Balaban J connectivity index is 2.41. The standard InChI is InChI=1S/C14H10ClNO2S2/c1-2-20(18)14-10(8-16)7-12(19-14)13(17)9-3-5-11(15)6-4-9/h3-7H,2H2,1H3. The molecule has 0 aliphatic heterocycles. The molecular weight excluding hydrogens is 314 g/mol. The van der Waals surface area contributed by atoms with Crippen molar-refractivity contribution in [3.63, 3.8) is 0 Å². The molecule has 0 radical (unpaired) electrons. The first kappa shape index (κ1) is 14.9. The molecule has 1 atom stereocenters. The molecule has 0 saturated heterocycles. The zero-order valence-corrected chi connectivity index (χ0v) is 12.9. The minimum Gasteiger partial charge on any atom is -0.288 e. The van der Waals surface area contributed by atoms with Crippen LogP contribution in [0.5, 0.6) is 0 Å². The highest BCUT2D eigenvalue weighted by Crippen LogP contribution is 2.28. The van der Waals surface area contributed by atoms with Gasteiger partial charge in [0, 0.05) is 16.3 Å². The lowest BCUT2D eigenvalue weighted by Gasteiger charge is -1.97. The molecule has 6 heteroatoms. The van der Waals surface area contributed by atoms with Crippen LogP contribution in [-0.4, -0.2) is 15.7 Å². The van der Waals surface area contributed by atoms with Gasteiger partial charge in [-0.2, -0.15) is 5.26 Å². The van der Waals surface area contributed by atoms with Crippen molar-refractivity contribution < 1.29 is 9.00 Å². The van der Waals surface area contributed by atoms with E-state index in [9.17, 15) is 9.00 Å². The van der Waals surface area contributed by atoms with E-state index in [1.807, 2.05) is 6.07 Å². The van der Waals surface area contributed by atoms with Crippen LogP contribution in [0.15, 0.2) is 34.5 Å². The van der Waals surface area contributed by atoms with Gasteiger partial charge in [0.1, 0.15) is 10.3 Å². The number of rotatable bonds is 4. The predicted molar refractivity (Wildman–Crippen MR) is 80.9 cm³/mol. The lowest BCUT2D eigenvalue weighted by Crippen LogP contribution is -1.97. The molecule has 1 aromatic heterocycles. The molecule has 0 saturated carbocycles. The van der Waals surface area contributed by atoms with Crippen molar-refractivity contribution in [1.29, 1.82) is 5.26 Å². The van der Waals surface area contributed by atoms with E-state index in [2.05, 4.69) is 0 Å². The summed E-state index contributed by atoms with van der Waals surface area (Å²) in [7, 11) is -1.23. The largest absolute Gasteiger partial charge is 0.288 e. The van der Waals surface area contributed by atoms with E-state index in [1.165, 1.54) is 6.07 Å². The Hall–Kier alpha value is -1.48. The highest BCUT2D eigenvalue weighted by Gasteiger charge is 2.19. The molecule has 20 heavy (non-hydrogen) atoms. The van der Waals surface area contributed by atoms with Crippen LogP contribution < -0.4 is 0 Å². The average molecular weight is 324 g/mol. The number of thiophene rings is 1. The van der Waals surface area contributed by atoms with E-state index in [0.717, 1.165) is 11.3 Å². The number of hydrogen-bond donors (Lipinski definition) is 0. The highest BCUT2D eigenvalue weighted by atomic mass is 35.5. The van der Waals surface area contributed by atoms with Gasteiger partial charge in [-0.25, -0.2) is 0 Å². The molecule has 3 nitrogen and oxygen atoms in total. The van der Waals surface area contributed by atoms with Crippen molar-refractivity contribution in [3.8, 4) is 6.07 Å². The molecule has 0 N–H and O–H groups in total. The number of hydrogen-bond acceptors (Lipinski definition) is 4. The van der Waals surface area contributed by atoms with Gasteiger partial charge in [0.05, 0.1) is 21.2 Å². The summed E-state index contributed by atoms with van der Waals surface area (Å²) in [6.07, 6.45) is 0. The van der Waals surface area contributed by atoms with E-state index in [4.69, 9.17) is 16.9 Å². The molecular formula is C14H10ClNO2S2. The van der Waals surface area contributed by atoms with Gasteiger partial charge in [-0.15, -0.1) is 11.3 Å². The summed E-state index contributed by atoms with van der Waals surface area (Å²) in [4.78, 5) is 12.7. The molecule has 1 aromatic carbocycles. The number of carbonyl (C=O) groups excluding carboxylic acids is 1. The fourth-order valence-corrected chi connectivity index (χ4v) is 4.14. The van der Waals surface area contributed by atoms with Crippen LogP contribution in [0.1, 0.15) is 27.7 Å². The predicted octanol–water partition coefficient (Wildman–Crippen LogP) is 3.63. The Labute approximate surface area is 128 Å². The first-order valence-electron chi connectivity index (χ1n) is 5.79. The first-order valence-corrected chi connectivity index (χ1v) is 8.30. The second-order valence-electron chi connectivity index (χ2n) is 3.89. The third kappa shape index (κ3) is 2.98. The minimum atomic E-state index is -1.23. The van der Waals surface area contributed by atoms with Gasteiger partial charge in [0.2, 0.25) is 5.78 Å². The molecule has 0 bridgehead atoms. The molecule has 2 aromatic rings. The number of nitriles is 1. The summed E-state index contributed by atoms with van der Waals surface area (Å²) >= 11 is 6.90. The molecule has 0 aliphatic carbocycles. The number of nitrogens with zero attached hydrogens (tertiary/aromatic N) is 1. The highest BCUT2D eigenvalue weighted by molar-refractivity contribution is 7.87. The molecule has 1 unspecified atom stereocenters. The topological polar surface area (TPSA) is 57.9 Å². The molecule has 0 spiro atoms. The van der Waals surface area contributed by atoms with E-state index in [0.29, 0.717) is 31.0 Å². The van der Waals surface area contributed by atoms with Crippen molar-refractivity contribution in [1.82, 2.24) is 0 Å². The maximum absolute atomic E-state index is 12.3. The van der Waals surface area contributed by atoms with Crippen LogP contribution in [0.2, 0.25) is 5.02 Å². The maximum atomic E-state index is 12.3. The summed E-state index contributed by atoms with van der Waals surface area (Å²) in [5.74, 6) is 0.228. The van der Waals surface area contributed by atoms with Gasteiger partial charge < -0.3 is 0 Å². The zero-order valence-electron chi connectivity index (χ0n) is 10.6. The van der Waals surface area contributed by atoms with Crippen LogP contribution in [0.3, 0.4) is 0 Å². The Kier molecular flexibility index (Phi) is 4.71. The minimum absolute atomic E-state index is 0.192. The summed E-state index contributed by atoms with van der Waals surface area (Å²) in [6, 6.07) is 10.0. The maximum Gasteiger partial charge on any atom is 0.203 e. The van der Waals surface area contributed by atoms with Crippen molar-refractivity contribution in [3.05, 3.63) is 51.4 Å². The monoisotopic (exact) mass is 323 g/mol. The van der Waals surface area contributed by atoms with Gasteiger partial charge in [-0.05, 0) is 30.3 Å². The van der Waals surface area contributed by atoms with Gasteiger partial charge in [0.15, 0.2) is 0 Å². The van der Waals surface area contributed by atoms with Crippen LogP contribution in [0.4, 0.5) is 0 Å². The summed E-state index contributed by atoms with van der Waals surface area (Å²) < 4.78 is 12.3. The van der Waals surface area contributed by atoms with Gasteiger partial charge in [-0.3, -0.25) is 9.00 Å². The number of ketones is 1. The number of carbonyl (C=O) groups is 1. The van der Waals surface area contributed by atoms with Crippen LogP contribution >= 0.6 is 22.9 Å². The first-order chi connectivity index (χ1) is 9.56. The number of halogens is 1. The third-order valence-corrected chi connectivity index (χ3v) is 5.76. The van der Waals surface area contributed by atoms with Crippen LogP contribution in [0.25, 0.3) is 0 Å². The summed E-state index contributed by atoms with van der Waals surface area (Å²) in [5.41, 5.74) is 0.807. The summed E-state index contributed by atoms with van der Waals surface area (Å²) in [5, 5.41) is 9.61. The van der Waals surface area contributed by atoms with Crippen LogP contribution in [-0.2, 0) is 10.8 Å². The number of benzene rings is 1. The Bertz CT molecular complexity index is 714. The fraction of sp³-hybridized carbons (Fsp3) is 0.143. The molecule has 0 amide bonds. The second-order valence-corrected chi connectivity index (χ2v) is 7.32. The van der Waals surface area contributed by atoms with E-state index in [-0.39, 0.29) is 5.78 Å². The Morgan fingerprint density at radius 2 is 2.05 bits per heavy atom.